The molecule has 102 valence electrons. The summed E-state index contributed by atoms with van der Waals surface area (Å²) in [6, 6.07) is 4.90. The molecule has 1 unspecified atom stereocenters. The highest BCUT2D eigenvalue weighted by molar-refractivity contribution is 5.37. The van der Waals surface area contributed by atoms with Crippen molar-refractivity contribution in [3.05, 3.63) is 23.9 Å². The van der Waals surface area contributed by atoms with Gasteiger partial charge in [0.1, 0.15) is 5.82 Å². The number of hydrogen-bond acceptors (Lipinski definition) is 3. The van der Waals surface area contributed by atoms with Gasteiger partial charge >= 0.3 is 0 Å². The van der Waals surface area contributed by atoms with E-state index >= 15 is 0 Å². The molecule has 0 aliphatic rings. The number of aromatic nitrogens is 1. The highest BCUT2D eigenvalue weighted by Crippen LogP contribution is 2.12. The van der Waals surface area contributed by atoms with Crippen molar-refractivity contribution in [2.24, 2.45) is 0 Å². The summed E-state index contributed by atoms with van der Waals surface area (Å²) >= 11 is 0. The molecule has 0 amide bonds. The standard InChI is InChI=1S/C15H27N3/c1-5-7-13(3)18(4)12-14-8-10-17-15(11-14)16-9-6-2/h8,10-11,13H,5-7,9,12H2,1-4H3,(H,16,17). The van der Waals surface area contributed by atoms with Gasteiger partial charge in [0.2, 0.25) is 0 Å². The Hall–Kier alpha value is -1.09. The Bertz CT molecular complexity index is 338. The van der Waals surface area contributed by atoms with E-state index in [0.717, 1.165) is 25.3 Å². The lowest BCUT2D eigenvalue weighted by atomic mass is 10.1. The number of nitrogens with one attached hydrogen (secondary N) is 1. The quantitative estimate of drug-likeness (QED) is 0.764. The first-order valence-corrected chi connectivity index (χ1v) is 7.06. The van der Waals surface area contributed by atoms with E-state index in [4.69, 9.17) is 0 Å². The molecule has 0 bridgehead atoms. The van der Waals surface area contributed by atoms with Gasteiger partial charge < -0.3 is 5.32 Å². The first kappa shape index (κ1) is 15.0. The van der Waals surface area contributed by atoms with E-state index in [2.05, 4.69) is 55.2 Å². The first-order valence-electron chi connectivity index (χ1n) is 7.06. The van der Waals surface area contributed by atoms with Crippen LogP contribution in [-0.2, 0) is 6.54 Å². The highest BCUT2D eigenvalue weighted by Gasteiger charge is 2.08. The van der Waals surface area contributed by atoms with Gasteiger partial charge in [-0.3, -0.25) is 4.90 Å². The average Bonchev–Trinajstić information content (AvgIpc) is 2.37. The van der Waals surface area contributed by atoms with Gasteiger partial charge in [-0.25, -0.2) is 4.98 Å². The maximum Gasteiger partial charge on any atom is 0.126 e. The molecule has 1 atom stereocenters. The largest absolute Gasteiger partial charge is 0.370 e. The second-order valence-corrected chi connectivity index (χ2v) is 5.03. The highest BCUT2D eigenvalue weighted by atomic mass is 15.1. The van der Waals surface area contributed by atoms with Crippen molar-refractivity contribution in [2.75, 3.05) is 18.9 Å². The minimum Gasteiger partial charge on any atom is -0.370 e. The third kappa shape index (κ3) is 5.05. The normalized spacial score (nSPS) is 12.7. The fourth-order valence-corrected chi connectivity index (χ4v) is 2.00. The van der Waals surface area contributed by atoms with Crippen LogP contribution < -0.4 is 5.32 Å². The van der Waals surface area contributed by atoms with E-state index in [0.29, 0.717) is 6.04 Å². The third-order valence-electron chi connectivity index (χ3n) is 3.27. The Morgan fingerprint density at radius 1 is 1.33 bits per heavy atom. The smallest absolute Gasteiger partial charge is 0.126 e. The van der Waals surface area contributed by atoms with Crippen LogP contribution in [0.3, 0.4) is 0 Å². The number of hydrogen-bond donors (Lipinski definition) is 1. The van der Waals surface area contributed by atoms with Crippen LogP contribution in [0.2, 0.25) is 0 Å². The van der Waals surface area contributed by atoms with Crippen molar-refractivity contribution < 1.29 is 0 Å². The first-order chi connectivity index (χ1) is 8.67. The second kappa shape index (κ2) is 8.09. The molecule has 0 aromatic carbocycles. The summed E-state index contributed by atoms with van der Waals surface area (Å²) in [5.74, 6) is 0.992. The molecule has 0 radical (unpaired) electrons. The molecule has 1 N–H and O–H groups in total. The number of nitrogens with zero attached hydrogens (tertiary/aromatic N) is 2. The zero-order chi connectivity index (χ0) is 13.4. The van der Waals surface area contributed by atoms with Gasteiger partial charge in [-0.1, -0.05) is 20.3 Å². The molecule has 1 aromatic rings. The van der Waals surface area contributed by atoms with E-state index in [1.807, 2.05) is 6.20 Å². The minimum absolute atomic E-state index is 0.634. The molecule has 18 heavy (non-hydrogen) atoms. The maximum absolute atomic E-state index is 4.34. The van der Waals surface area contributed by atoms with Gasteiger partial charge in [-0.15, -0.1) is 0 Å². The van der Waals surface area contributed by atoms with Gasteiger partial charge in [0, 0.05) is 25.3 Å². The SMILES string of the molecule is CCCNc1cc(CN(C)C(C)CCC)ccn1. The van der Waals surface area contributed by atoms with Crippen LogP contribution in [0.1, 0.15) is 45.6 Å². The lowest BCUT2D eigenvalue weighted by Gasteiger charge is -2.24. The average molecular weight is 249 g/mol. The Morgan fingerprint density at radius 2 is 2.11 bits per heavy atom. The third-order valence-corrected chi connectivity index (χ3v) is 3.27. The fourth-order valence-electron chi connectivity index (χ4n) is 2.00. The number of pyridine rings is 1. The van der Waals surface area contributed by atoms with Crippen LogP contribution in [0, 0.1) is 0 Å². The number of rotatable bonds is 8. The van der Waals surface area contributed by atoms with E-state index in [-0.39, 0.29) is 0 Å². The van der Waals surface area contributed by atoms with Crippen molar-refractivity contribution in [1.82, 2.24) is 9.88 Å². The van der Waals surface area contributed by atoms with Crippen LogP contribution in [0.15, 0.2) is 18.3 Å². The predicted octanol–water partition coefficient (Wildman–Crippen LogP) is 3.52. The van der Waals surface area contributed by atoms with E-state index < -0.39 is 0 Å². The molecule has 0 saturated heterocycles. The van der Waals surface area contributed by atoms with Crippen LogP contribution in [0.25, 0.3) is 0 Å². The molecule has 3 nitrogen and oxygen atoms in total. The Morgan fingerprint density at radius 3 is 2.78 bits per heavy atom. The fraction of sp³-hybridized carbons (Fsp3) is 0.667. The van der Waals surface area contributed by atoms with E-state index in [1.54, 1.807) is 0 Å². The summed E-state index contributed by atoms with van der Waals surface area (Å²) in [4.78, 5) is 6.74. The zero-order valence-corrected chi connectivity index (χ0v) is 12.2. The van der Waals surface area contributed by atoms with Gasteiger partial charge in [-0.2, -0.15) is 0 Å². The van der Waals surface area contributed by atoms with Crippen LogP contribution in [0.5, 0.6) is 0 Å². The van der Waals surface area contributed by atoms with Gasteiger partial charge in [0.15, 0.2) is 0 Å². The Labute approximate surface area is 112 Å². The summed E-state index contributed by atoms with van der Waals surface area (Å²) < 4.78 is 0. The molecule has 1 aromatic heterocycles. The van der Waals surface area contributed by atoms with Gasteiger partial charge in [0.25, 0.3) is 0 Å². The van der Waals surface area contributed by atoms with Crippen molar-refractivity contribution in [2.45, 2.75) is 52.6 Å². The van der Waals surface area contributed by atoms with Gasteiger partial charge in [0.05, 0.1) is 0 Å². The molecule has 0 aliphatic heterocycles. The molecule has 0 saturated carbocycles. The zero-order valence-electron chi connectivity index (χ0n) is 12.2. The molecule has 1 rings (SSSR count). The van der Waals surface area contributed by atoms with Crippen molar-refractivity contribution in [3.8, 4) is 0 Å². The predicted molar refractivity (Wildman–Crippen MR) is 78.9 cm³/mol. The number of anilines is 1. The summed E-state index contributed by atoms with van der Waals surface area (Å²) in [7, 11) is 2.19. The summed E-state index contributed by atoms with van der Waals surface area (Å²) in [6.07, 6.45) is 5.51. The van der Waals surface area contributed by atoms with Crippen molar-refractivity contribution >= 4 is 5.82 Å². The summed E-state index contributed by atoms with van der Waals surface area (Å²) in [5, 5.41) is 3.33. The van der Waals surface area contributed by atoms with Crippen LogP contribution in [0.4, 0.5) is 5.82 Å². The minimum atomic E-state index is 0.634. The molecular weight excluding hydrogens is 222 g/mol. The Balaban J connectivity index is 2.55. The molecule has 0 fully saturated rings. The van der Waals surface area contributed by atoms with Crippen LogP contribution in [-0.4, -0.2) is 29.5 Å². The van der Waals surface area contributed by atoms with E-state index in [1.165, 1.54) is 18.4 Å². The monoisotopic (exact) mass is 249 g/mol. The Kier molecular flexibility index (Phi) is 6.73. The summed E-state index contributed by atoms with van der Waals surface area (Å²) in [5.41, 5.74) is 1.33. The van der Waals surface area contributed by atoms with E-state index in [9.17, 15) is 0 Å². The lowest BCUT2D eigenvalue weighted by Crippen LogP contribution is -2.28. The topological polar surface area (TPSA) is 28.2 Å². The molecule has 1 heterocycles. The van der Waals surface area contributed by atoms with Crippen molar-refractivity contribution in [1.29, 1.82) is 0 Å². The lowest BCUT2D eigenvalue weighted by molar-refractivity contribution is 0.237. The maximum atomic E-state index is 4.34. The molecule has 3 heteroatoms. The van der Waals surface area contributed by atoms with Crippen molar-refractivity contribution in [3.63, 3.8) is 0 Å². The second-order valence-electron chi connectivity index (χ2n) is 5.03. The van der Waals surface area contributed by atoms with Crippen LogP contribution >= 0.6 is 0 Å². The summed E-state index contributed by atoms with van der Waals surface area (Å²) in [6.45, 7) is 8.67. The van der Waals surface area contributed by atoms with Gasteiger partial charge in [-0.05, 0) is 44.5 Å². The molecule has 0 aliphatic carbocycles. The molecule has 0 spiro atoms. The molecular formula is C15H27N3.